The van der Waals surface area contributed by atoms with Crippen LogP contribution in [0.2, 0.25) is 0 Å². The molecule has 0 amide bonds. The van der Waals surface area contributed by atoms with Crippen molar-refractivity contribution in [3.63, 3.8) is 0 Å². The number of hydrogen-bond acceptors (Lipinski definition) is 7. The lowest BCUT2D eigenvalue weighted by Gasteiger charge is -2.32. The van der Waals surface area contributed by atoms with Crippen molar-refractivity contribution in [1.29, 1.82) is 0 Å². The van der Waals surface area contributed by atoms with Crippen LogP contribution in [0.5, 0.6) is 0 Å². The number of rotatable bonds is 4. The van der Waals surface area contributed by atoms with Gasteiger partial charge in [-0.1, -0.05) is 18.2 Å². The number of fused-ring (bicyclic) bond motifs is 1. The van der Waals surface area contributed by atoms with E-state index in [9.17, 15) is 0 Å². The first-order valence-corrected chi connectivity index (χ1v) is 10.4. The molecule has 7 heteroatoms. The molecule has 0 saturated heterocycles. The molecule has 1 fully saturated rings. The van der Waals surface area contributed by atoms with Gasteiger partial charge in [0, 0.05) is 48.2 Å². The molecule has 2 atom stereocenters. The van der Waals surface area contributed by atoms with Crippen LogP contribution in [0.15, 0.2) is 73.7 Å². The first-order valence-electron chi connectivity index (χ1n) is 10.4. The van der Waals surface area contributed by atoms with Crippen LogP contribution in [0.25, 0.3) is 11.1 Å². The zero-order chi connectivity index (χ0) is 20.8. The summed E-state index contributed by atoms with van der Waals surface area (Å²) < 4.78 is 0. The highest BCUT2D eigenvalue weighted by Gasteiger charge is 2.48. The average molecular weight is 407 g/mol. The number of benzene rings is 1. The molecule has 1 aliphatic carbocycles. The smallest absolute Gasteiger partial charge is 0.116 e. The van der Waals surface area contributed by atoms with Crippen LogP contribution in [0.4, 0.5) is 0 Å². The summed E-state index contributed by atoms with van der Waals surface area (Å²) in [5.41, 5.74) is 12.6. The van der Waals surface area contributed by atoms with Crippen LogP contribution >= 0.6 is 0 Å². The van der Waals surface area contributed by atoms with E-state index in [0.29, 0.717) is 5.92 Å². The summed E-state index contributed by atoms with van der Waals surface area (Å²) in [6.07, 6.45) is 12.4. The standard InChI is InChI=1S/C24H21N7/c25-23-21-22(30-9-8-29-21)24(31-23,19-6-7-28-20(11-19)15-4-5-15)18-3-1-2-16(10-18)17-12-26-14-27-13-17/h1-3,6-15,23,31H,4-5,25H2/t23?,24-/m1/s1. The van der Waals surface area contributed by atoms with E-state index in [-0.39, 0.29) is 0 Å². The second-order valence-electron chi connectivity index (χ2n) is 8.11. The van der Waals surface area contributed by atoms with E-state index in [0.717, 1.165) is 39.3 Å². The van der Waals surface area contributed by atoms with Gasteiger partial charge < -0.3 is 5.73 Å². The van der Waals surface area contributed by atoms with Gasteiger partial charge in [-0.15, -0.1) is 0 Å². The summed E-state index contributed by atoms with van der Waals surface area (Å²) in [7, 11) is 0. The van der Waals surface area contributed by atoms with Gasteiger partial charge in [0.2, 0.25) is 0 Å². The van der Waals surface area contributed by atoms with E-state index in [4.69, 9.17) is 10.7 Å². The van der Waals surface area contributed by atoms with Crippen molar-refractivity contribution >= 4 is 0 Å². The molecule has 6 rings (SSSR count). The molecule has 0 radical (unpaired) electrons. The van der Waals surface area contributed by atoms with Crippen LogP contribution in [0.1, 0.15) is 53.1 Å². The number of pyridine rings is 1. The molecule has 4 aromatic rings. The first-order chi connectivity index (χ1) is 15.3. The minimum absolute atomic E-state index is 0.426. The Hall–Kier alpha value is -3.55. The van der Waals surface area contributed by atoms with Crippen molar-refractivity contribution in [2.24, 2.45) is 5.73 Å². The zero-order valence-corrected chi connectivity index (χ0v) is 16.8. The summed E-state index contributed by atoms with van der Waals surface area (Å²) in [6.45, 7) is 0. The summed E-state index contributed by atoms with van der Waals surface area (Å²) in [5, 5.41) is 3.62. The second-order valence-corrected chi connectivity index (χ2v) is 8.11. The minimum Gasteiger partial charge on any atom is -0.311 e. The topological polar surface area (TPSA) is 102 Å². The van der Waals surface area contributed by atoms with E-state index in [1.807, 2.05) is 30.7 Å². The van der Waals surface area contributed by atoms with Gasteiger partial charge in [-0.2, -0.15) is 0 Å². The highest BCUT2D eigenvalue weighted by atomic mass is 15.2. The van der Waals surface area contributed by atoms with Gasteiger partial charge in [-0.05, 0) is 47.7 Å². The van der Waals surface area contributed by atoms with Gasteiger partial charge in [0.1, 0.15) is 18.0 Å². The van der Waals surface area contributed by atoms with Gasteiger partial charge in [-0.25, -0.2) is 9.97 Å². The third-order valence-electron chi connectivity index (χ3n) is 6.15. The highest BCUT2D eigenvalue weighted by molar-refractivity contribution is 5.65. The molecular weight excluding hydrogens is 386 g/mol. The maximum Gasteiger partial charge on any atom is 0.116 e. The fraction of sp³-hybridized carbons (Fsp3) is 0.208. The fourth-order valence-corrected chi connectivity index (χ4v) is 4.51. The SMILES string of the molecule is NC1N[C@](c2cccc(-c3cncnc3)c2)(c2ccnc(C3CC3)c2)c2nccnc21. The van der Waals surface area contributed by atoms with Crippen molar-refractivity contribution in [2.45, 2.75) is 30.5 Å². The Morgan fingerprint density at radius 2 is 1.68 bits per heavy atom. The molecular formula is C24H21N7. The number of hydrogen-bond donors (Lipinski definition) is 2. The Kier molecular flexibility index (Phi) is 4.12. The molecule has 1 saturated carbocycles. The molecule has 1 unspecified atom stereocenters. The lowest BCUT2D eigenvalue weighted by molar-refractivity contribution is 0.448. The summed E-state index contributed by atoms with van der Waals surface area (Å²) in [4.78, 5) is 22.3. The van der Waals surface area contributed by atoms with E-state index in [1.54, 1.807) is 12.4 Å². The van der Waals surface area contributed by atoms with Crippen LogP contribution in [-0.2, 0) is 5.54 Å². The van der Waals surface area contributed by atoms with Crippen molar-refractivity contribution in [3.8, 4) is 11.1 Å². The third-order valence-corrected chi connectivity index (χ3v) is 6.15. The summed E-state index contributed by atoms with van der Waals surface area (Å²) in [5.74, 6) is 0.543. The van der Waals surface area contributed by atoms with E-state index < -0.39 is 11.7 Å². The zero-order valence-electron chi connectivity index (χ0n) is 16.8. The Morgan fingerprint density at radius 3 is 2.52 bits per heavy atom. The molecule has 0 spiro atoms. The summed E-state index contributed by atoms with van der Waals surface area (Å²) >= 11 is 0. The molecule has 4 heterocycles. The van der Waals surface area contributed by atoms with Crippen LogP contribution < -0.4 is 11.1 Å². The van der Waals surface area contributed by atoms with Gasteiger partial charge >= 0.3 is 0 Å². The quantitative estimate of drug-likeness (QED) is 0.536. The predicted molar refractivity (Wildman–Crippen MR) is 116 cm³/mol. The van der Waals surface area contributed by atoms with Crippen molar-refractivity contribution in [3.05, 3.63) is 102 Å². The Morgan fingerprint density at radius 1 is 0.871 bits per heavy atom. The fourth-order valence-electron chi connectivity index (χ4n) is 4.51. The van der Waals surface area contributed by atoms with Gasteiger partial charge in [0.05, 0.1) is 11.4 Å². The van der Waals surface area contributed by atoms with Crippen LogP contribution in [0.3, 0.4) is 0 Å². The van der Waals surface area contributed by atoms with Crippen LogP contribution in [0, 0.1) is 0 Å². The number of aromatic nitrogens is 5. The summed E-state index contributed by atoms with van der Waals surface area (Å²) in [6, 6.07) is 12.6. The largest absolute Gasteiger partial charge is 0.311 e. The number of nitrogens with two attached hydrogens (primary N) is 1. The Balaban J connectivity index is 1.59. The number of nitrogens with zero attached hydrogens (tertiary/aromatic N) is 5. The molecule has 0 bridgehead atoms. The minimum atomic E-state index is -0.721. The van der Waals surface area contributed by atoms with Crippen molar-refractivity contribution in [1.82, 2.24) is 30.2 Å². The average Bonchev–Trinajstić information content (AvgIpc) is 3.65. The van der Waals surface area contributed by atoms with Crippen molar-refractivity contribution < 1.29 is 0 Å². The van der Waals surface area contributed by atoms with Crippen molar-refractivity contribution in [2.75, 3.05) is 0 Å². The van der Waals surface area contributed by atoms with Gasteiger partial charge in [0.25, 0.3) is 0 Å². The van der Waals surface area contributed by atoms with E-state index in [2.05, 4.69) is 49.5 Å². The third kappa shape index (κ3) is 2.93. The Labute approximate surface area is 179 Å². The van der Waals surface area contributed by atoms with Gasteiger partial charge in [0.15, 0.2) is 0 Å². The lowest BCUT2D eigenvalue weighted by Crippen LogP contribution is -2.43. The Bertz CT molecular complexity index is 1260. The predicted octanol–water partition coefficient (Wildman–Crippen LogP) is 3.06. The van der Waals surface area contributed by atoms with Gasteiger partial charge in [-0.3, -0.25) is 20.3 Å². The molecule has 3 aromatic heterocycles. The molecule has 3 N–H and O–H groups in total. The second kappa shape index (κ2) is 7.01. The maximum atomic E-state index is 6.51. The molecule has 1 aliphatic heterocycles. The molecule has 2 aliphatic rings. The lowest BCUT2D eigenvalue weighted by atomic mass is 9.80. The molecule has 31 heavy (non-hydrogen) atoms. The normalized spacial score (nSPS) is 22.3. The maximum absolute atomic E-state index is 6.51. The first kappa shape index (κ1) is 18.2. The number of nitrogens with one attached hydrogen (secondary N) is 1. The van der Waals surface area contributed by atoms with E-state index in [1.165, 1.54) is 19.2 Å². The monoisotopic (exact) mass is 407 g/mol. The molecule has 152 valence electrons. The van der Waals surface area contributed by atoms with E-state index >= 15 is 0 Å². The van der Waals surface area contributed by atoms with Crippen LogP contribution in [-0.4, -0.2) is 24.9 Å². The molecule has 7 nitrogen and oxygen atoms in total. The molecule has 1 aromatic carbocycles. The highest BCUT2D eigenvalue weighted by Crippen LogP contribution is 2.46.